The SMILES string of the molecule is COC[C@]1(C)Nc2c(cnc3[nH]cc(C(=O)c4ccccc4Cl)c23)NC1=O. The van der Waals surface area contributed by atoms with Gasteiger partial charge in [0, 0.05) is 18.9 Å². The standard InChI is InChI=1S/C19H17ClN4O3/c1-19(9-27-2)18(26)23-13-8-22-17-14(15(13)24-19)11(7-21-17)16(25)10-5-3-4-6-12(10)20/h3-8,24H,9H2,1-2H3,(H,21,22)(H,23,26)/t19-/m0/s1. The smallest absolute Gasteiger partial charge is 0.252 e. The maximum Gasteiger partial charge on any atom is 0.252 e. The van der Waals surface area contributed by atoms with Crippen molar-refractivity contribution in [3.63, 3.8) is 0 Å². The van der Waals surface area contributed by atoms with Crippen molar-refractivity contribution in [1.82, 2.24) is 9.97 Å². The molecule has 4 rings (SSSR count). The van der Waals surface area contributed by atoms with Gasteiger partial charge in [0.1, 0.15) is 11.2 Å². The van der Waals surface area contributed by atoms with Crippen molar-refractivity contribution >= 4 is 45.7 Å². The molecule has 2 aromatic heterocycles. The fraction of sp³-hybridized carbons (Fsp3) is 0.211. The van der Waals surface area contributed by atoms with Crippen LogP contribution in [0, 0.1) is 0 Å². The number of halogens is 1. The molecule has 7 nitrogen and oxygen atoms in total. The van der Waals surface area contributed by atoms with E-state index in [0.717, 1.165) is 0 Å². The number of anilines is 2. The Hall–Kier alpha value is -2.90. The van der Waals surface area contributed by atoms with Crippen LogP contribution in [0.15, 0.2) is 36.7 Å². The summed E-state index contributed by atoms with van der Waals surface area (Å²) in [6.07, 6.45) is 3.16. The molecule has 1 amide bonds. The number of pyridine rings is 1. The van der Waals surface area contributed by atoms with Crippen LogP contribution in [0.1, 0.15) is 22.8 Å². The van der Waals surface area contributed by atoms with Crippen molar-refractivity contribution in [3.8, 4) is 0 Å². The predicted molar refractivity (Wildman–Crippen MR) is 104 cm³/mol. The first kappa shape index (κ1) is 17.5. The van der Waals surface area contributed by atoms with E-state index in [1.807, 2.05) is 0 Å². The second kappa shape index (κ2) is 6.37. The van der Waals surface area contributed by atoms with Crippen LogP contribution in [0.2, 0.25) is 5.02 Å². The molecule has 3 heterocycles. The molecule has 1 aromatic carbocycles. The van der Waals surface area contributed by atoms with E-state index < -0.39 is 5.54 Å². The van der Waals surface area contributed by atoms with Crippen LogP contribution in [0.5, 0.6) is 0 Å². The van der Waals surface area contributed by atoms with E-state index in [2.05, 4.69) is 20.6 Å². The van der Waals surface area contributed by atoms with E-state index in [-0.39, 0.29) is 18.3 Å². The third-order valence-corrected chi connectivity index (χ3v) is 4.98. The van der Waals surface area contributed by atoms with Gasteiger partial charge in [0.25, 0.3) is 5.91 Å². The second-order valence-corrected chi connectivity index (χ2v) is 7.03. The molecular formula is C19H17ClN4O3. The van der Waals surface area contributed by atoms with E-state index in [4.69, 9.17) is 16.3 Å². The Morgan fingerprint density at radius 1 is 1.30 bits per heavy atom. The lowest BCUT2D eigenvalue weighted by Crippen LogP contribution is -2.53. The Balaban J connectivity index is 1.89. The number of H-pyrrole nitrogens is 1. The number of aromatic amines is 1. The summed E-state index contributed by atoms with van der Waals surface area (Å²) in [5.74, 6) is -0.457. The summed E-state index contributed by atoms with van der Waals surface area (Å²) in [6.45, 7) is 1.91. The lowest BCUT2D eigenvalue weighted by Gasteiger charge is -2.35. The lowest BCUT2D eigenvalue weighted by molar-refractivity contribution is -0.121. The van der Waals surface area contributed by atoms with E-state index >= 15 is 0 Å². The summed E-state index contributed by atoms with van der Waals surface area (Å²) in [5, 5.41) is 7.04. The van der Waals surface area contributed by atoms with Gasteiger partial charge in [0.15, 0.2) is 5.78 Å². The van der Waals surface area contributed by atoms with E-state index in [1.54, 1.807) is 43.6 Å². The number of fused-ring (bicyclic) bond motifs is 3. The number of carbonyl (C=O) groups is 2. The quantitative estimate of drug-likeness (QED) is 0.600. The number of nitrogens with one attached hydrogen (secondary N) is 3. The van der Waals surface area contributed by atoms with Crippen LogP contribution in [-0.2, 0) is 9.53 Å². The number of ether oxygens (including phenoxy) is 1. The topological polar surface area (TPSA) is 96.1 Å². The third kappa shape index (κ3) is 2.75. The van der Waals surface area contributed by atoms with Crippen LogP contribution >= 0.6 is 11.6 Å². The van der Waals surface area contributed by atoms with Gasteiger partial charge in [-0.05, 0) is 19.1 Å². The van der Waals surface area contributed by atoms with Crippen molar-refractivity contribution in [3.05, 3.63) is 52.8 Å². The number of benzene rings is 1. The molecule has 1 aliphatic rings. The summed E-state index contributed by atoms with van der Waals surface area (Å²) >= 11 is 6.20. The normalized spacial score (nSPS) is 18.7. The number of hydrogen-bond donors (Lipinski definition) is 3. The molecule has 0 spiro atoms. The number of methoxy groups -OCH3 is 1. The van der Waals surface area contributed by atoms with Crippen molar-refractivity contribution in [1.29, 1.82) is 0 Å². The van der Waals surface area contributed by atoms with Crippen LogP contribution in [0.3, 0.4) is 0 Å². The lowest BCUT2D eigenvalue weighted by atomic mass is 9.96. The first-order valence-corrected chi connectivity index (χ1v) is 8.70. The number of hydrogen-bond acceptors (Lipinski definition) is 5. The molecule has 0 aliphatic carbocycles. The maximum atomic E-state index is 13.1. The maximum absolute atomic E-state index is 13.1. The highest BCUT2D eigenvalue weighted by Gasteiger charge is 2.39. The third-order valence-electron chi connectivity index (χ3n) is 4.65. The highest BCUT2D eigenvalue weighted by molar-refractivity contribution is 6.35. The minimum Gasteiger partial charge on any atom is -0.382 e. The number of carbonyl (C=O) groups excluding carboxylic acids is 2. The van der Waals surface area contributed by atoms with Gasteiger partial charge in [-0.1, -0.05) is 23.7 Å². The molecule has 8 heteroatoms. The first-order chi connectivity index (χ1) is 12.9. The van der Waals surface area contributed by atoms with E-state index in [1.165, 1.54) is 7.11 Å². The number of nitrogens with zero attached hydrogens (tertiary/aromatic N) is 1. The van der Waals surface area contributed by atoms with Crippen molar-refractivity contribution < 1.29 is 14.3 Å². The minimum atomic E-state index is -0.974. The van der Waals surface area contributed by atoms with Crippen LogP contribution in [0.4, 0.5) is 11.4 Å². The molecule has 138 valence electrons. The van der Waals surface area contributed by atoms with Crippen molar-refractivity contribution in [2.24, 2.45) is 0 Å². The zero-order valence-electron chi connectivity index (χ0n) is 14.7. The molecule has 0 saturated carbocycles. The molecule has 1 aliphatic heterocycles. The number of amides is 1. The molecule has 1 atom stereocenters. The zero-order chi connectivity index (χ0) is 19.2. The largest absolute Gasteiger partial charge is 0.382 e. The first-order valence-electron chi connectivity index (χ1n) is 8.32. The van der Waals surface area contributed by atoms with Gasteiger partial charge in [-0.2, -0.15) is 0 Å². The fourth-order valence-electron chi connectivity index (χ4n) is 3.27. The molecule has 27 heavy (non-hydrogen) atoms. The Kier molecular flexibility index (Phi) is 4.13. The summed E-state index contributed by atoms with van der Waals surface area (Å²) in [6, 6.07) is 6.88. The highest BCUT2D eigenvalue weighted by Crippen LogP contribution is 2.38. The minimum absolute atomic E-state index is 0.167. The summed E-state index contributed by atoms with van der Waals surface area (Å²) in [5.41, 5.74) is 1.51. The molecular weight excluding hydrogens is 368 g/mol. The molecule has 0 radical (unpaired) electrons. The molecule has 3 aromatic rings. The molecule has 0 fully saturated rings. The molecule has 0 saturated heterocycles. The molecule has 3 N–H and O–H groups in total. The zero-order valence-corrected chi connectivity index (χ0v) is 15.5. The summed E-state index contributed by atoms with van der Waals surface area (Å²) < 4.78 is 5.19. The summed E-state index contributed by atoms with van der Waals surface area (Å²) in [7, 11) is 1.53. The number of ketones is 1. The van der Waals surface area contributed by atoms with Crippen molar-refractivity contribution in [2.45, 2.75) is 12.5 Å². The second-order valence-electron chi connectivity index (χ2n) is 6.63. The van der Waals surface area contributed by atoms with Crippen LogP contribution < -0.4 is 10.6 Å². The average Bonchev–Trinajstić information content (AvgIpc) is 3.07. The van der Waals surface area contributed by atoms with Crippen LogP contribution in [-0.4, -0.2) is 40.9 Å². The van der Waals surface area contributed by atoms with Gasteiger partial charge >= 0.3 is 0 Å². The Bertz CT molecular complexity index is 1080. The Morgan fingerprint density at radius 3 is 2.81 bits per heavy atom. The van der Waals surface area contributed by atoms with Gasteiger partial charge in [0.2, 0.25) is 0 Å². The highest BCUT2D eigenvalue weighted by atomic mass is 35.5. The average molecular weight is 385 g/mol. The molecule has 0 unspecified atom stereocenters. The van der Waals surface area contributed by atoms with Crippen LogP contribution in [0.25, 0.3) is 11.0 Å². The van der Waals surface area contributed by atoms with Gasteiger partial charge < -0.3 is 20.4 Å². The van der Waals surface area contributed by atoms with Crippen molar-refractivity contribution in [2.75, 3.05) is 24.4 Å². The van der Waals surface area contributed by atoms with E-state index in [0.29, 0.717) is 38.6 Å². The van der Waals surface area contributed by atoms with Gasteiger partial charge in [-0.3, -0.25) is 9.59 Å². The Labute approximate surface area is 160 Å². The number of aromatic nitrogens is 2. The van der Waals surface area contributed by atoms with Gasteiger partial charge in [-0.15, -0.1) is 0 Å². The molecule has 0 bridgehead atoms. The monoisotopic (exact) mass is 384 g/mol. The summed E-state index contributed by atoms with van der Waals surface area (Å²) in [4.78, 5) is 32.9. The predicted octanol–water partition coefficient (Wildman–Crippen LogP) is 3.22. The number of rotatable bonds is 4. The Morgan fingerprint density at radius 2 is 2.07 bits per heavy atom. The van der Waals surface area contributed by atoms with E-state index in [9.17, 15) is 9.59 Å². The fourth-order valence-corrected chi connectivity index (χ4v) is 3.49. The van der Waals surface area contributed by atoms with Gasteiger partial charge in [-0.25, -0.2) is 4.98 Å². The van der Waals surface area contributed by atoms with Gasteiger partial charge in [0.05, 0.1) is 40.2 Å².